The fourth-order valence-electron chi connectivity index (χ4n) is 2.29. The maximum atomic E-state index is 11.8. The van der Waals surface area contributed by atoms with Crippen LogP contribution in [0.15, 0.2) is 73.4 Å². The molecule has 1 amide bonds. The Hall–Kier alpha value is -2.65. The van der Waals surface area contributed by atoms with Gasteiger partial charge in [0.15, 0.2) is 0 Å². The molecule has 0 aliphatic rings. The first-order chi connectivity index (χ1) is 10.3. The van der Waals surface area contributed by atoms with Gasteiger partial charge in [0, 0.05) is 17.1 Å². The highest BCUT2D eigenvalue weighted by Gasteiger charge is 2.11. The number of carbonyl (C=O) groups is 1. The van der Waals surface area contributed by atoms with Crippen molar-refractivity contribution in [2.45, 2.75) is 0 Å². The summed E-state index contributed by atoms with van der Waals surface area (Å²) in [6.45, 7) is 3.51. The number of amides is 1. The Labute approximate surface area is 135 Å². The molecule has 1 aromatic heterocycles. The summed E-state index contributed by atoms with van der Waals surface area (Å²) in [6.07, 6.45) is 3.06. The molecular formula is C18H15ClN2O. The average Bonchev–Trinajstić information content (AvgIpc) is 2.56. The van der Waals surface area contributed by atoms with Gasteiger partial charge in [0.25, 0.3) is 0 Å². The Kier molecular flexibility index (Phi) is 4.92. The van der Waals surface area contributed by atoms with Crippen LogP contribution >= 0.6 is 12.4 Å². The molecule has 4 heteroatoms. The van der Waals surface area contributed by atoms with Crippen LogP contribution in [0.5, 0.6) is 0 Å². The van der Waals surface area contributed by atoms with E-state index in [1.165, 1.54) is 6.08 Å². The molecule has 1 heterocycles. The maximum Gasteiger partial charge on any atom is 0.247 e. The van der Waals surface area contributed by atoms with Crippen molar-refractivity contribution < 1.29 is 4.79 Å². The van der Waals surface area contributed by atoms with Crippen LogP contribution in [0, 0.1) is 0 Å². The lowest BCUT2D eigenvalue weighted by molar-refractivity contribution is -0.111. The topological polar surface area (TPSA) is 42.0 Å². The van der Waals surface area contributed by atoms with Crippen LogP contribution in [-0.4, -0.2) is 10.9 Å². The van der Waals surface area contributed by atoms with Crippen LogP contribution < -0.4 is 5.32 Å². The molecule has 3 aromatic rings. The number of nitrogens with one attached hydrogen (secondary N) is 1. The number of hydrogen-bond donors (Lipinski definition) is 1. The molecule has 2 aromatic carbocycles. The number of para-hydroxylation sites is 1. The molecule has 0 radical (unpaired) electrons. The smallest absolute Gasteiger partial charge is 0.247 e. The van der Waals surface area contributed by atoms with E-state index in [1.807, 2.05) is 54.6 Å². The Morgan fingerprint density at radius 3 is 2.45 bits per heavy atom. The zero-order valence-corrected chi connectivity index (χ0v) is 12.6. The molecule has 0 saturated heterocycles. The minimum atomic E-state index is -0.233. The Balaban J connectivity index is 0.00000176. The zero-order valence-electron chi connectivity index (χ0n) is 11.8. The van der Waals surface area contributed by atoms with Gasteiger partial charge in [0.2, 0.25) is 5.91 Å². The normalized spacial score (nSPS) is 9.82. The number of benzene rings is 2. The third kappa shape index (κ3) is 3.00. The largest absolute Gasteiger partial charge is 0.321 e. The molecule has 1 N–H and O–H groups in total. The summed E-state index contributed by atoms with van der Waals surface area (Å²) >= 11 is 0. The van der Waals surface area contributed by atoms with Gasteiger partial charge in [-0.05, 0) is 17.7 Å². The molecule has 0 fully saturated rings. The second-order valence-electron chi connectivity index (χ2n) is 4.62. The first-order valence-electron chi connectivity index (χ1n) is 6.66. The molecule has 0 atom stereocenters. The molecule has 110 valence electrons. The van der Waals surface area contributed by atoms with Crippen molar-refractivity contribution in [3.63, 3.8) is 0 Å². The summed E-state index contributed by atoms with van der Waals surface area (Å²) in [4.78, 5) is 16.2. The van der Waals surface area contributed by atoms with Gasteiger partial charge in [-0.15, -0.1) is 12.4 Å². The van der Waals surface area contributed by atoms with Crippen LogP contribution in [0.4, 0.5) is 5.69 Å². The van der Waals surface area contributed by atoms with Gasteiger partial charge in [0.05, 0.1) is 11.2 Å². The van der Waals surface area contributed by atoms with E-state index >= 15 is 0 Å². The van der Waals surface area contributed by atoms with Gasteiger partial charge in [-0.1, -0.05) is 55.1 Å². The lowest BCUT2D eigenvalue weighted by Crippen LogP contribution is -2.09. The van der Waals surface area contributed by atoms with E-state index in [-0.39, 0.29) is 18.3 Å². The van der Waals surface area contributed by atoms with Crippen molar-refractivity contribution in [1.82, 2.24) is 4.98 Å². The number of fused-ring (bicyclic) bond motifs is 1. The molecule has 0 bridgehead atoms. The van der Waals surface area contributed by atoms with Crippen LogP contribution in [0.3, 0.4) is 0 Å². The van der Waals surface area contributed by atoms with Gasteiger partial charge in [0.1, 0.15) is 0 Å². The highest BCUT2D eigenvalue weighted by atomic mass is 35.5. The maximum absolute atomic E-state index is 11.8. The third-order valence-electron chi connectivity index (χ3n) is 3.29. The summed E-state index contributed by atoms with van der Waals surface area (Å²) < 4.78 is 0. The standard InChI is InChI=1S/C18H14N2O.ClH/c1-2-17(21)20-18-14-10-6-7-11-16(14)19-12-15(18)13-8-4-3-5-9-13;/h2-12H,1H2,(H,19,20,21);1H. The minimum Gasteiger partial charge on any atom is -0.321 e. The van der Waals surface area contributed by atoms with Gasteiger partial charge >= 0.3 is 0 Å². The number of pyridine rings is 1. The Bertz CT molecular complexity index is 816. The molecule has 0 saturated carbocycles. The summed E-state index contributed by atoms with van der Waals surface area (Å²) in [7, 11) is 0. The quantitative estimate of drug-likeness (QED) is 0.726. The molecule has 0 spiro atoms. The summed E-state index contributed by atoms with van der Waals surface area (Å²) in [6, 6.07) is 17.6. The number of carbonyl (C=O) groups excluding carboxylic acids is 1. The van der Waals surface area contributed by atoms with Crippen molar-refractivity contribution in [3.05, 3.63) is 73.4 Å². The van der Waals surface area contributed by atoms with Crippen LogP contribution in [0.2, 0.25) is 0 Å². The monoisotopic (exact) mass is 310 g/mol. The van der Waals surface area contributed by atoms with E-state index in [4.69, 9.17) is 0 Å². The molecular weight excluding hydrogens is 296 g/mol. The van der Waals surface area contributed by atoms with Crippen molar-refractivity contribution in [2.75, 3.05) is 5.32 Å². The van der Waals surface area contributed by atoms with Gasteiger partial charge in [-0.25, -0.2) is 0 Å². The van der Waals surface area contributed by atoms with Gasteiger partial charge in [-0.2, -0.15) is 0 Å². The highest BCUT2D eigenvalue weighted by molar-refractivity contribution is 6.09. The van der Waals surface area contributed by atoms with Gasteiger partial charge < -0.3 is 5.32 Å². The Morgan fingerprint density at radius 1 is 1.05 bits per heavy atom. The second-order valence-corrected chi connectivity index (χ2v) is 4.62. The van der Waals surface area contributed by atoms with E-state index in [1.54, 1.807) is 6.20 Å². The Morgan fingerprint density at radius 2 is 1.73 bits per heavy atom. The molecule has 0 aliphatic carbocycles. The number of rotatable bonds is 3. The molecule has 3 nitrogen and oxygen atoms in total. The zero-order chi connectivity index (χ0) is 14.7. The second kappa shape index (κ2) is 6.87. The van der Waals surface area contributed by atoms with Crippen LogP contribution in [0.25, 0.3) is 22.0 Å². The van der Waals surface area contributed by atoms with Crippen LogP contribution in [-0.2, 0) is 4.79 Å². The SMILES string of the molecule is C=CC(=O)Nc1c(-c2ccccc2)cnc2ccccc12.Cl. The molecule has 0 unspecified atom stereocenters. The van der Waals surface area contributed by atoms with E-state index in [0.29, 0.717) is 0 Å². The van der Waals surface area contributed by atoms with Crippen molar-refractivity contribution in [3.8, 4) is 11.1 Å². The van der Waals surface area contributed by atoms with Crippen molar-refractivity contribution in [2.24, 2.45) is 0 Å². The fraction of sp³-hybridized carbons (Fsp3) is 0. The summed E-state index contributed by atoms with van der Waals surface area (Å²) in [5, 5.41) is 3.82. The van der Waals surface area contributed by atoms with Crippen molar-refractivity contribution in [1.29, 1.82) is 0 Å². The lowest BCUT2D eigenvalue weighted by Gasteiger charge is -2.13. The van der Waals surface area contributed by atoms with Gasteiger partial charge in [-0.3, -0.25) is 9.78 Å². The summed E-state index contributed by atoms with van der Waals surface area (Å²) in [5.41, 5.74) is 3.51. The number of anilines is 1. The van der Waals surface area contributed by atoms with E-state index in [2.05, 4.69) is 16.9 Å². The first-order valence-corrected chi connectivity index (χ1v) is 6.66. The predicted molar refractivity (Wildman–Crippen MR) is 93.3 cm³/mol. The number of halogens is 1. The van der Waals surface area contributed by atoms with E-state index in [9.17, 15) is 4.79 Å². The van der Waals surface area contributed by atoms with E-state index < -0.39 is 0 Å². The summed E-state index contributed by atoms with van der Waals surface area (Å²) in [5.74, 6) is -0.233. The van der Waals surface area contributed by atoms with Crippen molar-refractivity contribution >= 4 is 34.9 Å². The molecule has 0 aliphatic heterocycles. The third-order valence-corrected chi connectivity index (χ3v) is 3.29. The number of nitrogens with zero attached hydrogens (tertiary/aromatic N) is 1. The lowest BCUT2D eigenvalue weighted by atomic mass is 10.0. The van der Waals surface area contributed by atoms with E-state index in [0.717, 1.165) is 27.7 Å². The predicted octanol–water partition coefficient (Wildman–Crippen LogP) is 4.45. The fourth-order valence-corrected chi connectivity index (χ4v) is 2.29. The number of aromatic nitrogens is 1. The highest BCUT2D eigenvalue weighted by Crippen LogP contribution is 2.33. The average molecular weight is 311 g/mol. The van der Waals surface area contributed by atoms with Crippen LogP contribution in [0.1, 0.15) is 0 Å². The minimum absolute atomic E-state index is 0. The first kappa shape index (κ1) is 15.7. The number of hydrogen-bond acceptors (Lipinski definition) is 2. The molecule has 3 rings (SSSR count). The molecule has 22 heavy (non-hydrogen) atoms.